The molecule has 1 N–H and O–H groups in total. The van der Waals surface area contributed by atoms with Crippen molar-refractivity contribution in [3.8, 4) is 5.75 Å². The molecule has 1 saturated carbocycles. The van der Waals surface area contributed by atoms with E-state index in [1.54, 1.807) is 7.11 Å². The Bertz CT molecular complexity index is 535. The van der Waals surface area contributed by atoms with E-state index in [1.807, 2.05) is 30.6 Å². The van der Waals surface area contributed by atoms with Gasteiger partial charge in [0, 0.05) is 25.0 Å². The summed E-state index contributed by atoms with van der Waals surface area (Å²) in [6, 6.07) is 12.9. The minimum Gasteiger partial charge on any atom is -0.497 e. The molecule has 0 radical (unpaired) electrons. The van der Waals surface area contributed by atoms with E-state index in [0.717, 1.165) is 18.2 Å². The summed E-state index contributed by atoms with van der Waals surface area (Å²) in [5.41, 5.74) is 2.57. The Morgan fingerprint density at radius 3 is 2.65 bits per heavy atom. The van der Waals surface area contributed by atoms with E-state index in [-0.39, 0.29) is 0 Å². The van der Waals surface area contributed by atoms with E-state index in [2.05, 4.69) is 28.5 Å². The fourth-order valence-corrected chi connectivity index (χ4v) is 2.53. The van der Waals surface area contributed by atoms with Crippen molar-refractivity contribution in [2.24, 2.45) is 5.92 Å². The van der Waals surface area contributed by atoms with Crippen molar-refractivity contribution in [3.63, 3.8) is 0 Å². The molecule has 1 heterocycles. The normalized spacial score (nSPS) is 15.8. The van der Waals surface area contributed by atoms with Crippen LogP contribution in [0.25, 0.3) is 0 Å². The highest BCUT2D eigenvalue weighted by Gasteiger charge is 2.31. The second-order valence-corrected chi connectivity index (χ2v) is 5.33. The molecule has 0 aliphatic heterocycles. The van der Waals surface area contributed by atoms with Crippen LogP contribution in [0.5, 0.6) is 5.75 Å². The monoisotopic (exact) mass is 268 g/mol. The van der Waals surface area contributed by atoms with Gasteiger partial charge in [-0.05, 0) is 48.1 Å². The molecule has 3 nitrogen and oxygen atoms in total. The van der Waals surface area contributed by atoms with Crippen LogP contribution in [0.1, 0.15) is 30.0 Å². The van der Waals surface area contributed by atoms with Gasteiger partial charge in [0.05, 0.1) is 7.11 Å². The lowest BCUT2D eigenvalue weighted by Crippen LogP contribution is -2.22. The van der Waals surface area contributed by atoms with E-state index < -0.39 is 0 Å². The molecule has 3 rings (SSSR count). The Hall–Kier alpha value is -1.87. The molecule has 1 unspecified atom stereocenters. The predicted octanol–water partition coefficient (Wildman–Crippen LogP) is 3.33. The lowest BCUT2D eigenvalue weighted by molar-refractivity contribution is 0.413. The fraction of sp³-hybridized carbons (Fsp3) is 0.353. The highest BCUT2D eigenvalue weighted by atomic mass is 16.5. The van der Waals surface area contributed by atoms with Crippen LogP contribution in [-0.4, -0.2) is 12.1 Å². The van der Waals surface area contributed by atoms with Crippen molar-refractivity contribution in [2.45, 2.75) is 25.4 Å². The Kier molecular flexibility index (Phi) is 3.97. The second kappa shape index (κ2) is 6.06. The zero-order valence-corrected chi connectivity index (χ0v) is 11.8. The molecule has 0 amide bonds. The molecule has 1 aliphatic rings. The summed E-state index contributed by atoms with van der Waals surface area (Å²) in [5.74, 6) is 1.68. The number of ether oxygens (including phenoxy) is 1. The van der Waals surface area contributed by atoms with Gasteiger partial charge in [-0.1, -0.05) is 18.2 Å². The minimum atomic E-state index is 0.432. The van der Waals surface area contributed by atoms with Gasteiger partial charge in [0.2, 0.25) is 0 Å². The Balaban J connectivity index is 1.69. The highest BCUT2D eigenvalue weighted by Crippen LogP contribution is 2.41. The summed E-state index contributed by atoms with van der Waals surface area (Å²) < 4.78 is 5.23. The number of hydrogen-bond acceptors (Lipinski definition) is 3. The first-order chi connectivity index (χ1) is 9.86. The molecule has 1 aromatic heterocycles. The third kappa shape index (κ3) is 3.17. The van der Waals surface area contributed by atoms with Crippen LogP contribution < -0.4 is 10.1 Å². The smallest absolute Gasteiger partial charge is 0.118 e. The van der Waals surface area contributed by atoms with Crippen LogP contribution in [0.15, 0.2) is 48.8 Å². The number of methoxy groups -OCH3 is 1. The van der Waals surface area contributed by atoms with E-state index >= 15 is 0 Å². The van der Waals surface area contributed by atoms with Crippen molar-refractivity contribution >= 4 is 0 Å². The maximum absolute atomic E-state index is 5.23. The van der Waals surface area contributed by atoms with E-state index in [9.17, 15) is 0 Å². The molecule has 104 valence electrons. The standard InChI is InChI=1S/C17H20N2O/c1-20-16-8-6-15(7-9-16)17(14-4-5-14)19-12-13-3-2-10-18-11-13/h2-3,6-11,14,17,19H,4-5,12H2,1H3. The molecule has 20 heavy (non-hydrogen) atoms. The third-order valence-corrected chi connectivity index (χ3v) is 3.82. The summed E-state index contributed by atoms with van der Waals surface area (Å²) in [7, 11) is 1.70. The van der Waals surface area contributed by atoms with Crippen LogP contribution in [0, 0.1) is 5.92 Å². The van der Waals surface area contributed by atoms with Gasteiger partial charge < -0.3 is 10.1 Å². The van der Waals surface area contributed by atoms with Crippen LogP contribution >= 0.6 is 0 Å². The lowest BCUT2D eigenvalue weighted by Gasteiger charge is -2.19. The van der Waals surface area contributed by atoms with E-state index in [4.69, 9.17) is 4.74 Å². The third-order valence-electron chi connectivity index (χ3n) is 3.82. The number of benzene rings is 1. The zero-order chi connectivity index (χ0) is 13.8. The highest BCUT2D eigenvalue weighted by molar-refractivity contribution is 5.30. The average Bonchev–Trinajstić information content (AvgIpc) is 3.34. The summed E-state index contributed by atoms with van der Waals surface area (Å²) in [4.78, 5) is 4.16. The molecule has 1 atom stereocenters. The molecule has 2 aromatic rings. The van der Waals surface area contributed by atoms with Crippen molar-refractivity contribution in [2.75, 3.05) is 7.11 Å². The molecule has 0 saturated heterocycles. The first-order valence-electron chi connectivity index (χ1n) is 7.13. The summed E-state index contributed by atoms with van der Waals surface area (Å²) in [6.45, 7) is 0.862. The second-order valence-electron chi connectivity index (χ2n) is 5.33. The number of nitrogens with zero attached hydrogens (tertiary/aromatic N) is 1. The van der Waals surface area contributed by atoms with Gasteiger partial charge in [-0.15, -0.1) is 0 Å². The minimum absolute atomic E-state index is 0.432. The molecule has 1 aromatic carbocycles. The maximum Gasteiger partial charge on any atom is 0.118 e. The van der Waals surface area contributed by atoms with Gasteiger partial charge in [-0.3, -0.25) is 4.98 Å². The van der Waals surface area contributed by atoms with E-state index in [0.29, 0.717) is 6.04 Å². The first-order valence-corrected chi connectivity index (χ1v) is 7.13. The first kappa shape index (κ1) is 13.1. The van der Waals surface area contributed by atoms with Crippen LogP contribution in [0.3, 0.4) is 0 Å². The molecule has 0 bridgehead atoms. The van der Waals surface area contributed by atoms with Crippen LogP contribution in [0.2, 0.25) is 0 Å². The summed E-state index contributed by atoms with van der Waals surface area (Å²) in [6.07, 6.45) is 6.36. The van der Waals surface area contributed by atoms with Crippen molar-refractivity contribution < 1.29 is 4.74 Å². The summed E-state index contributed by atoms with van der Waals surface area (Å²) >= 11 is 0. The number of nitrogens with one attached hydrogen (secondary N) is 1. The SMILES string of the molecule is COc1ccc(C(NCc2cccnc2)C2CC2)cc1. The zero-order valence-electron chi connectivity index (χ0n) is 11.8. The Labute approximate surface area is 120 Å². The summed E-state index contributed by atoms with van der Waals surface area (Å²) in [5, 5.41) is 3.67. The van der Waals surface area contributed by atoms with Gasteiger partial charge in [0.15, 0.2) is 0 Å². The quantitative estimate of drug-likeness (QED) is 0.872. The largest absolute Gasteiger partial charge is 0.497 e. The maximum atomic E-state index is 5.23. The number of hydrogen-bond donors (Lipinski definition) is 1. The average molecular weight is 268 g/mol. The van der Waals surface area contributed by atoms with Crippen molar-refractivity contribution in [1.29, 1.82) is 0 Å². The van der Waals surface area contributed by atoms with Gasteiger partial charge >= 0.3 is 0 Å². The number of aromatic nitrogens is 1. The van der Waals surface area contributed by atoms with Gasteiger partial charge in [-0.25, -0.2) is 0 Å². The molecule has 1 fully saturated rings. The fourth-order valence-electron chi connectivity index (χ4n) is 2.53. The Morgan fingerprint density at radius 2 is 2.05 bits per heavy atom. The van der Waals surface area contributed by atoms with Crippen molar-refractivity contribution in [3.05, 3.63) is 59.9 Å². The molecular weight excluding hydrogens is 248 g/mol. The van der Waals surface area contributed by atoms with Crippen molar-refractivity contribution in [1.82, 2.24) is 10.3 Å². The lowest BCUT2D eigenvalue weighted by atomic mass is 10.0. The molecule has 0 spiro atoms. The van der Waals surface area contributed by atoms with Gasteiger partial charge in [0.25, 0.3) is 0 Å². The van der Waals surface area contributed by atoms with Gasteiger partial charge in [-0.2, -0.15) is 0 Å². The molecular formula is C17H20N2O. The number of pyridine rings is 1. The Morgan fingerprint density at radius 1 is 1.25 bits per heavy atom. The van der Waals surface area contributed by atoms with Crippen LogP contribution in [-0.2, 0) is 6.54 Å². The molecule has 3 heteroatoms. The predicted molar refractivity (Wildman–Crippen MR) is 79.5 cm³/mol. The number of rotatable bonds is 6. The van der Waals surface area contributed by atoms with E-state index in [1.165, 1.54) is 24.0 Å². The van der Waals surface area contributed by atoms with Gasteiger partial charge in [0.1, 0.15) is 5.75 Å². The topological polar surface area (TPSA) is 34.1 Å². The molecule has 1 aliphatic carbocycles. The van der Waals surface area contributed by atoms with Crippen LogP contribution in [0.4, 0.5) is 0 Å².